The van der Waals surface area contributed by atoms with Gasteiger partial charge in [-0.25, -0.2) is 4.39 Å². The van der Waals surface area contributed by atoms with Gasteiger partial charge in [0.15, 0.2) is 0 Å². The molecule has 3 nitrogen and oxygen atoms in total. The predicted octanol–water partition coefficient (Wildman–Crippen LogP) is 5.11. The van der Waals surface area contributed by atoms with Crippen molar-refractivity contribution in [1.29, 1.82) is 0 Å². The molecule has 0 saturated carbocycles. The highest BCUT2D eigenvalue weighted by atomic mass is 19.1. The molecule has 1 atom stereocenters. The molecule has 1 amide bonds. The van der Waals surface area contributed by atoms with Crippen molar-refractivity contribution in [3.8, 4) is 0 Å². The fraction of sp³-hybridized carbons (Fsp3) is 0.280. The van der Waals surface area contributed by atoms with Crippen LogP contribution in [-0.4, -0.2) is 22.3 Å². The number of rotatable bonds is 6. The molecule has 1 aromatic heterocycles. The van der Waals surface area contributed by atoms with Crippen LogP contribution in [0.15, 0.2) is 72.8 Å². The average Bonchev–Trinajstić information content (AvgIpc) is 3.23. The number of benzene rings is 2. The molecule has 148 valence electrons. The van der Waals surface area contributed by atoms with Gasteiger partial charge in [0.05, 0.1) is 11.7 Å². The summed E-state index contributed by atoms with van der Waals surface area (Å²) >= 11 is 0. The van der Waals surface area contributed by atoms with Gasteiger partial charge in [-0.2, -0.15) is 0 Å². The first-order chi connectivity index (χ1) is 14.2. The normalized spacial score (nSPS) is 16.2. The number of pyridine rings is 1. The van der Waals surface area contributed by atoms with Crippen LogP contribution in [0.1, 0.15) is 47.8 Å². The summed E-state index contributed by atoms with van der Waals surface area (Å²) in [4.78, 5) is 19.7. The molecule has 2 aromatic carbocycles. The Morgan fingerprint density at radius 1 is 1.00 bits per heavy atom. The average molecular weight is 388 g/mol. The summed E-state index contributed by atoms with van der Waals surface area (Å²) in [5, 5.41) is 0. The second-order valence-corrected chi connectivity index (χ2v) is 7.59. The van der Waals surface area contributed by atoms with E-state index in [9.17, 15) is 9.18 Å². The Kier molecular flexibility index (Phi) is 5.99. The number of carbonyl (C=O) groups is 1. The summed E-state index contributed by atoms with van der Waals surface area (Å²) in [6.45, 7) is 0.786. The number of aromatic nitrogens is 1. The third-order valence-electron chi connectivity index (χ3n) is 5.49. The van der Waals surface area contributed by atoms with Crippen LogP contribution in [-0.2, 0) is 17.6 Å². The number of amides is 1. The van der Waals surface area contributed by atoms with Gasteiger partial charge in [0.1, 0.15) is 5.82 Å². The summed E-state index contributed by atoms with van der Waals surface area (Å²) < 4.78 is 13.5. The Balaban J connectivity index is 1.44. The van der Waals surface area contributed by atoms with E-state index >= 15 is 0 Å². The van der Waals surface area contributed by atoms with Crippen LogP contribution < -0.4 is 0 Å². The minimum atomic E-state index is -0.232. The molecular formula is C25H25FN2O. The largest absolute Gasteiger partial charge is 0.334 e. The second-order valence-electron chi connectivity index (χ2n) is 7.59. The highest BCUT2D eigenvalue weighted by Gasteiger charge is 2.30. The summed E-state index contributed by atoms with van der Waals surface area (Å²) in [5.74, 6) is -0.0432. The standard InChI is InChI=1S/C25H25FN2O/c26-21-10-4-9-20(17-21)18-22-11-5-12-23(27-22)24-13-6-16-28(24)25(29)15-14-19-7-2-1-3-8-19/h1-5,7-12,17,24H,6,13-16,18H2/t24-/m0/s1. The van der Waals surface area contributed by atoms with Gasteiger partial charge in [0, 0.05) is 25.1 Å². The van der Waals surface area contributed by atoms with E-state index in [-0.39, 0.29) is 17.8 Å². The number of carbonyl (C=O) groups excluding carboxylic acids is 1. The number of hydrogen-bond donors (Lipinski definition) is 0. The Morgan fingerprint density at radius 2 is 1.79 bits per heavy atom. The third-order valence-corrected chi connectivity index (χ3v) is 5.49. The number of aryl methyl sites for hydroxylation is 1. The van der Waals surface area contributed by atoms with E-state index in [1.165, 1.54) is 11.6 Å². The van der Waals surface area contributed by atoms with E-state index in [0.29, 0.717) is 12.8 Å². The predicted molar refractivity (Wildman–Crippen MR) is 112 cm³/mol. The van der Waals surface area contributed by atoms with Gasteiger partial charge in [0.2, 0.25) is 5.91 Å². The Bertz CT molecular complexity index is 973. The van der Waals surface area contributed by atoms with E-state index < -0.39 is 0 Å². The van der Waals surface area contributed by atoms with Crippen molar-refractivity contribution >= 4 is 5.91 Å². The Labute approximate surface area is 171 Å². The molecule has 4 heteroatoms. The van der Waals surface area contributed by atoms with Crippen LogP contribution in [0.4, 0.5) is 4.39 Å². The smallest absolute Gasteiger partial charge is 0.223 e. The first-order valence-electron chi connectivity index (χ1n) is 10.2. The van der Waals surface area contributed by atoms with E-state index in [0.717, 1.165) is 42.8 Å². The minimum Gasteiger partial charge on any atom is -0.334 e. The zero-order valence-electron chi connectivity index (χ0n) is 16.4. The van der Waals surface area contributed by atoms with Crippen LogP contribution in [0, 0.1) is 5.82 Å². The second kappa shape index (κ2) is 8.99. The molecule has 0 aliphatic carbocycles. The van der Waals surface area contributed by atoms with E-state index in [1.807, 2.05) is 47.4 Å². The molecule has 3 aromatic rings. The highest BCUT2D eigenvalue weighted by Crippen LogP contribution is 2.31. The molecule has 0 bridgehead atoms. The van der Waals surface area contributed by atoms with Gasteiger partial charge in [-0.05, 0) is 54.7 Å². The van der Waals surface area contributed by atoms with Crippen molar-refractivity contribution in [2.24, 2.45) is 0 Å². The summed E-state index contributed by atoms with van der Waals surface area (Å²) in [6.07, 6.45) is 3.80. The lowest BCUT2D eigenvalue weighted by Gasteiger charge is -2.25. The molecule has 1 fully saturated rings. The van der Waals surface area contributed by atoms with Gasteiger partial charge in [0.25, 0.3) is 0 Å². The fourth-order valence-corrected chi connectivity index (χ4v) is 4.05. The van der Waals surface area contributed by atoms with Gasteiger partial charge >= 0.3 is 0 Å². The summed E-state index contributed by atoms with van der Waals surface area (Å²) in [6, 6.07) is 22.7. The monoisotopic (exact) mass is 388 g/mol. The molecule has 0 radical (unpaired) electrons. The topological polar surface area (TPSA) is 33.2 Å². The van der Waals surface area contributed by atoms with E-state index in [2.05, 4.69) is 12.1 Å². The zero-order valence-corrected chi connectivity index (χ0v) is 16.4. The van der Waals surface area contributed by atoms with Crippen molar-refractivity contribution < 1.29 is 9.18 Å². The number of hydrogen-bond acceptors (Lipinski definition) is 2. The van der Waals surface area contributed by atoms with E-state index in [4.69, 9.17) is 4.98 Å². The zero-order chi connectivity index (χ0) is 20.1. The van der Waals surface area contributed by atoms with Crippen molar-refractivity contribution in [3.05, 3.63) is 101 Å². The van der Waals surface area contributed by atoms with Crippen LogP contribution in [0.5, 0.6) is 0 Å². The number of nitrogens with zero attached hydrogens (tertiary/aromatic N) is 2. The molecule has 2 heterocycles. The van der Waals surface area contributed by atoms with Gasteiger partial charge in [-0.15, -0.1) is 0 Å². The first-order valence-corrected chi connectivity index (χ1v) is 10.2. The van der Waals surface area contributed by atoms with Crippen LogP contribution in [0.25, 0.3) is 0 Å². The summed E-state index contributed by atoms with van der Waals surface area (Å²) in [5.41, 5.74) is 3.92. The maximum Gasteiger partial charge on any atom is 0.223 e. The lowest BCUT2D eigenvalue weighted by Crippen LogP contribution is -2.31. The minimum absolute atomic E-state index is 0.0331. The molecule has 4 rings (SSSR count). The third kappa shape index (κ3) is 4.89. The summed E-state index contributed by atoms with van der Waals surface area (Å²) in [7, 11) is 0. The molecule has 0 spiro atoms. The van der Waals surface area contributed by atoms with Crippen LogP contribution in [0.3, 0.4) is 0 Å². The van der Waals surface area contributed by atoms with Crippen LogP contribution in [0.2, 0.25) is 0 Å². The fourth-order valence-electron chi connectivity index (χ4n) is 4.05. The number of likely N-dealkylation sites (tertiary alicyclic amines) is 1. The van der Waals surface area contributed by atoms with Crippen molar-refractivity contribution in [1.82, 2.24) is 9.88 Å². The highest BCUT2D eigenvalue weighted by molar-refractivity contribution is 5.77. The van der Waals surface area contributed by atoms with Gasteiger partial charge in [-0.3, -0.25) is 9.78 Å². The lowest BCUT2D eigenvalue weighted by atomic mass is 10.1. The van der Waals surface area contributed by atoms with Crippen LogP contribution >= 0.6 is 0 Å². The van der Waals surface area contributed by atoms with Gasteiger partial charge in [-0.1, -0.05) is 48.5 Å². The van der Waals surface area contributed by atoms with Crippen molar-refractivity contribution in [3.63, 3.8) is 0 Å². The number of halogens is 1. The van der Waals surface area contributed by atoms with Gasteiger partial charge < -0.3 is 4.90 Å². The Morgan fingerprint density at radius 3 is 2.62 bits per heavy atom. The molecule has 1 aliphatic heterocycles. The maximum absolute atomic E-state index is 13.5. The molecular weight excluding hydrogens is 363 g/mol. The van der Waals surface area contributed by atoms with E-state index in [1.54, 1.807) is 12.1 Å². The molecule has 29 heavy (non-hydrogen) atoms. The van der Waals surface area contributed by atoms with Crippen molar-refractivity contribution in [2.75, 3.05) is 6.54 Å². The SMILES string of the molecule is O=C(CCc1ccccc1)N1CCC[C@H]1c1cccc(Cc2cccc(F)c2)n1. The molecule has 1 saturated heterocycles. The quantitative estimate of drug-likeness (QED) is 0.588. The van der Waals surface area contributed by atoms with Crippen molar-refractivity contribution in [2.45, 2.75) is 38.1 Å². The Hall–Kier alpha value is -3.01. The molecule has 0 N–H and O–H groups in total. The molecule has 1 aliphatic rings. The molecule has 0 unspecified atom stereocenters. The maximum atomic E-state index is 13.5. The first kappa shape index (κ1) is 19.3. The lowest BCUT2D eigenvalue weighted by molar-refractivity contribution is -0.132.